The van der Waals surface area contributed by atoms with Crippen molar-refractivity contribution in [2.75, 3.05) is 11.9 Å². The Balaban J connectivity index is 1.66. The lowest BCUT2D eigenvalue weighted by molar-refractivity contribution is 0.102. The Morgan fingerprint density at radius 1 is 0.971 bits per heavy atom. The van der Waals surface area contributed by atoms with Gasteiger partial charge in [0.15, 0.2) is 5.78 Å². The van der Waals surface area contributed by atoms with Crippen LogP contribution in [0.3, 0.4) is 0 Å². The summed E-state index contributed by atoms with van der Waals surface area (Å²) in [7, 11) is 0. The molecule has 0 spiro atoms. The highest BCUT2D eigenvalue weighted by Crippen LogP contribution is 2.33. The van der Waals surface area contributed by atoms with Crippen LogP contribution in [-0.2, 0) is 0 Å². The Hall–Kier alpha value is -4.59. The van der Waals surface area contributed by atoms with Gasteiger partial charge in [-0.2, -0.15) is 0 Å². The van der Waals surface area contributed by atoms with Crippen LogP contribution in [-0.4, -0.2) is 34.0 Å². The van der Waals surface area contributed by atoms with Crippen LogP contribution in [0.25, 0.3) is 10.9 Å². The summed E-state index contributed by atoms with van der Waals surface area (Å²) < 4.78 is 6.44. The molecule has 2 amide bonds. The van der Waals surface area contributed by atoms with Gasteiger partial charge in [-0.1, -0.05) is 55.8 Å². The summed E-state index contributed by atoms with van der Waals surface area (Å²) in [5.74, 6) is -0.820. The van der Waals surface area contributed by atoms with Gasteiger partial charge in [-0.05, 0) is 36.8 Å². The van der Waals surface area contributed by atoms with Crippen molar-refractivity contribution in [1.29, 1.82) is 0 Å². The Bertz CT molecular complexity index is 1390. The number of aromatic nitrogens is 1. The fourth-order valence-electron chi connectivity index (χ4n) is 3.78. The number of ketones is 1. The predicted molar refractivity (Wildman–Crippen MR) is 133 cm³/mol. The first-order valence-electron chi connectivity index (χ1n) is 11.2. The molecule has 0 atom stereocenters. The summed E-state index contributed by atoms with van der Waals surface area (Å²) in [5.41, 5.74) is 6.75. The third-order valence-corrected chi connectivity index (χ3v) is 5.57. The molecule has 0 aliphatic heterocycles. The van der Waals surface area contributed by atoms with E-state index in [0.29, 0.717) is 23.6 Å². The summed E-state index contributed by atoms with van der Waals surface area (Å²) in [5, 5.41) is 13.7. The number of anilines is 1. The van der Waals surface area contributed by atoms with Crippen molar-refractivity contribution in [1.82, 2.24) is 4.57 Å². The number of carbonyl (C=O) groups excluding carboxylic acids is 3. The van der Waals surface area contributed by atoms with Gasteiger partial charge in [0.1, 0.15) is 11.3 Å². The quantitative estimate of drug-likeness (QED) is 0.248. The number of hydrogen-bond acceptors (Lipinski definition) is 5. The number of unbranched alkanes of at least 4 members (excludes halogenated alkanes) is 1. The average Bonchev–Trinajstić information content (AvgIpc) is 3.16. The molecule has 0 unspecified atom stereocenters. The van der Waals surface area contributed by atoms with Gasteiger partial charge in [-0.3, -0.25) is 9.59 Å². The summed E-state index contributed by atoms with van der Waals surface area (Å²) in [6.07, 6.45) is 1.97. The minimum Gasteiger partial charge on any atom is -0.494 e. The number of carbonyl (C=O) groups is 3. The van der Waals surface area contributed by atoms with E-state index in [1.807, 2.05) is 0 Å². The molecule has 0 aliphatic carbocycles. The molecule has 4 rings (SSSR count). The average molecular weight is 472 g/mol. The lowest BCUT2D eigenvalue weighted by Gasteiger charge is -2.08. The van der Waals surface area contributed by atoms with Crippen molar-refractivity contribution in [3.8, 4) is 11.6 Å². The van der Waals surface area contributed by atoms with Crippen LogP contribution in [0.2, 0.25) is 0 Å². The summed E-state index contributed by atoms with van der Waals surface area (Å²) >= 11 is 0. The lowest BCUT2D eigenvalue weighted by atomic mass is 10.0. The van der Waals surface area contributed by atoms with E-state index in [-0.39, 0.29) is 27.8 Å². The number of ether oxygens (including phenoxy) is 1. The Morgan fingerprint density at radius 2 is 1.69 bits per heavy atom. The van der Waals surface area contributed by atoms with Gasteiger partial charge < -0.3 is 20.9 Å². The van der Waals surface area contributed by atoms with Crippen LogP contribution >= 0.6 is 0 Å². The molecule has 178 valence electrons. The molecule has 8 nitrogen and oxygen atoms in total. The molecule has 1 aromatic heterocycles. The Morgan fingerprint density at radius 3 is 2.34 bits per heavy atom. The number of hydrogen-bond donors (Lipinski definition) is 3. The molecule has 35 heavy (non-hydrogen) atoms. The number of nitrogens with zero attached hydrogens (tertiary/aromatic N) is 1. The van der Waals surface area contributed by atoms with E-state index in [0.717, 1.165) is 17.4 Å². The highest BCUT2D eigenvalue weighted by atomic mass is 16.5. The number of amides is 2. The van der Waals surface area contributed by atoms with E-state index in [4.69, 9.17) is 10.5 Å². The largest absolute Gasteiger partial charge is 0.494 e. The molecular formula is C27H25N3O5. The van der Waals surface area contributed by atoms with Crippen molar-refractivity contribution in [2.45, 2.75) is 19.8 Å². The fourth-order valence-corrected chi connectivity index (χ4v) is 3.78. The second-order valence-corrected chi connectivity index (χ2v) is 7.98. The molecule has 8 heteroatoms. The third-order valence-electron chi connectivity index (χ3n) is 5.57. The molecule has 1 heterocycles. The van der Waals surface area contributed by atoms with Crippen molar-refractivity contribution in [3.63, 3.8) is 0 Å². The number of fused-ring (bicyclic) bond motifs is 1. The maximum atomic E-state index is 13.1. The normalized spacial score (nSPS) is 10.8. The van der Waals surface area contributed by atoms with Gasteiger partial charge in [-0.15, -0.1) is 0 Å². The zero-order valence-electron chi connectivity index (χ0n) is 19.2. The molecule has 3 aromatic carbocycles. The molecule has 0 radical (unpaired) electrons. The van der Waals surface area contributed by atoms with E-state index in [2.05, 4.69) is 12.2 Å². The van der Waals surface area contributed by atoms with Crippen LogP contribution in [0.5, 0.6) is 11.6 Å². The summed E-state index contributed by atoms with van der Waals surface area (Å²) in [6, 6.07) is 19.0. The van der Waals surface area contributed by atoms with Crippen LogP contribution < -0.4 is 15.8 Å². The van der Waals surface area contributed by atoms with Crippen LogP contribution in [0.4, 0.5) is 10.5 Å². The second-order valence-electron chi connectivity index (χ2n) is 7.98. The molecular weight excluding hydrogens is 446 g/mol. The maximum Gasteiger partial charge on any atom is 0.326 e. The number of benzene rings is 3. The van der Waals surface area contributed by atoms with Gasteiger partial charge in [-0.25, -0.2) is 9.36 Å². The number of nitrogens with two attached hydrogens (primary N) is 1. The number of rotatable bonds is 8. The minimum atomic E-state index is -0.982. The van der Waals surface area contributed by atoms with E-state index in [1.54, 1.807) is 60.7 Å². The van der Waals surface area contributed by atoms with Crippen LogP contribution in [0.1, 0.15) is 46.0 Å². The third kappa shape index (κ3) is 4.86. The van der Waals surface area contributed by atoms with Crippen LogP contribution in [0, 0.1) is 0 Å². The topological polar surface area (TPSA) is 124 Å². The molecule has 0 bridgehead atoms. The summed E-state index contributed by atoms with van der Waals surface area (Å²) in [6.45, 7) is 2.69. The lowest BCUT2D eigenvalue weighted by Crippen LogP contribution is -2.19. The van der Waals surface area contributed by atoms with E-state index in [1.165, 1.54) is 12.1 Å². The molecule has 0 saturated heterocycles. The van der Waals surface area contributed by atoms with Gasteiger partial charge in [0.25, 0.3) is 5.91 Å². The maximum absolute atomic E-state index is 13.1. The summed E-state index contributed by atoms with van der Waals surface area (Å²) in [4.78, 5) is 38.1. The van der Waals surface area contributed by atoms with E-state index in [9.17, 15) is 19.5 Å². The molecule has 4 N–H and O–H groups in total. The first kappa shape index (κ1) is 23.6. The SMILES string of the molecule is CCCCOc1ccc(NC(=O)c2c(O)n(C(N)=O)c3cc(C(=O)c4ccccc4)ccc23)cc1. The molecule has 4 aromatic rings. The predicted octanol–water partition coefficient (Wildman–Crippen LogP) is 4.94. The van der Waals surface area contributed by atoms with Gasteiger partial charge in [0.05, 0.1) is 12.1 Å². The first-order valence-corrected chi connectivity index (χ1v) is 11.2. The number of aromatic hydroxyl groups is 1. The Kier molecular flexibility index (Phi) is 6.82. The van der Waals surface area contributed by atoms with Crippen molar-refractivity contribution in [2.24, 2.45) is 5.73 Å². The van der Waals surface area contributed by atoms with Crippen molar-refractivity contribution < 1.29 is 24.2 Å². The fraction of sp³-hybridized carbons (Fsp3) is 0.148. The van der Waals surface area contributed by atoms with Crippen LogP contribution in [0.15, 0.2) is 72.8 Å². The minimum absolute atomic E-state index is 0.124. The zero-order valence-corrected chi connectivity index (χ0v) is 19.2. The standard InChI is InChI=1S/C27H25N3O5/c1-2-3-15-35-20-12-10-19(11-13-20)29-25(32)23-21-14-9-18(24(31)17-7-5-4-6-8-17)16-22(21)30(26(23)33)27(28)34/h4-14,16,33H,2-3,15H2,1H3,(H2,28,34)(H,29,32). The molecule has 0 saturated carbocycles. The van der Waals surface area contributed by atoms with Gasteiger partial charge in [0.2, 0.25) is 5.88 Å². The molecule has 0 fully saturated rings. The van der Waals surface area contributed by atoms with Crippen molar-refractivity contribution in [3.05, 3.63) is 89.5 Å². The molecule has 0 aliphatic rings. The first-order chi connectivity index (χ1) is 16.9. The van der Waals surface area contributed by atoms with E-state index < -0.39 is 17.8 Å². The smallest absolute Gasteiger partial charge is 0.326 e. The number of primary amides is 1. The highest BCUT2D eigenvalue weighted by Gasteiger charge is 2.26. The zero-order chi connectivity index (χ0) is 24.9. The monoisotopic (exact) mass is 471 g/mol. The second kappa shape index (κ2) is 10.1. The van der Waals surface area contributed by atoms with E-state index >= 15 is 0 Å². The highest BCUT2D eigenvalue weighted by molar-refractivity contribution is 6.18. The van der Waals surface area contributed by atoms with Crippen molar-refractivity contribution >= 4 is 34.3 Å². The van der Waals surface area contributed by atoms with Gasteiger partial charge in [0, 0.05) is 22.2 Å². The number of nitrogens with one attached hydrogen (secondary N) is 1. The van der Waals surface area contributed by atoms with Gasteiger partial charge >= 0.3 is 6.03 Å². The Labute approximate surface area is 201 Å².